The molecule has 0 fully saturated rings. The molecule has 0 bridgehead atoms. The van der Waals surface area contributed by atoms with E-state index in [9.17, 15) is 10.1 Å². The van der Waals surface area contributed by atoms with E-state index in [4.69, 9.17) is 11.6 Å². The number of nitrogens with zero attached hydrogens (tertiary/aromatic N) is 1. The molecule has 0 radical (unpaired) electrons. The highest BCUT2D eigenvalue weighted by Crippen LogP contribution is 2.27. The summed E-state index contributed by atoms with van der Waals surface area (Å²) >= 11 is 7.49. The summed E-state index contributed by atoms with van der Waals surface area (Å²) < 4.78 is 0. The van der Waals surface area contributed by atoms with Crippen LogP contribution >= 0.6 is 23.4 Å². The molecule has 0 saturated heterocycles. The molecule has 0 aromatic heterocycles. The second-order valence-corrected chi connectivity index (χ2v) is 5.41. The molecule has 0 N–H and O–H groups in total. The van der Waals surface area contributed by atoms with Crippen molar-refractivity contribution in [3.63, 3.8) is 0 Å². The lowest BCUT2D eigenvalue weighted by Gasteiger charge is -2.03. The maximum Gasteiger partial charge on any atom is 0.288 e. The molecule has 0 unspecified atom stereocenters. The maximum atomic E-state index is 10.8. The van der Waals surface area contributed by atoms with Gasteiger partial charge in [-0.25, -0.2) is 0 Å². The maximum absolute atomic E-state index is 10.8. The standard InChI is InChI=1S/C14H12ClNO2S/c15-13-7-6-12(8-14(13)16(17)18)10-19-9-11-4-2-1-3-5-11/h1-8H,9-10H2. The number of nitro groups is 1. The van der Waals surface area contributed by atoms with Crippen molar-refractivity contribution in [2.45, 2.75) is 11.5 Å². The normalized spacial score (nSPS) is 10.4. The van der Waals surface area contributed by atoms with Gasteiger partial charge >= 0.3 is 0 Å². The molecule has 3 nitrogen and oxygen atoms in total. The molecule has 0 atom stereocenters. The Bertz CT molecular complexity index is 575. The topological polar surface area (TPSA) is 43.1 Å². The van der Waals surface area contributed by atoms with Crippen LogP contribution in [0.2, 0.25) is 5.02 Å². The number of benzene rings is 2. The van der Waals surface area contributed by atoms with Crippen LogP contribution in [0.25, 0.3) is 0 Å². The summed E-state index contributed by atoms with van der Waals surface area (Å²) in [5, 5.41) is 11.0. The second kappa shape index (κ2) is 6.59. The molecule has 5 heteroatoms. The van der Waals surface area contributed by atoms with Crippen LogP contribution < -0.4 is 0 Å². The number of thioether (sulfide) groups is 1. The first kappa shape index (κ1) is 13.9. The minimum Gasteiger partial charge on any atom is -0.258 e. The van der Waals surface area contributed by atoms with Gasteiger partial charge in [0.15, 0.2) is 0 Å². The summed E-state index contributed by atoms with van der Waals surface area (Å²) in [6, 6.07) is 15.1. The number of nitro benzene ring substituents is 1. The summed E-state index contributed by atoms with van der Waals surface area (Å²) in [6.07, 6.45) is 0. The molecular formula is C14H12ClNO2S. The zero-order valence-electron chi connectivity index (χ0n) is 10.1. The summed E-state index contributed by atoms with van der Waals surface area (Å²) in [5.74, 6) is 1.62. The smallest absolute Gasteiger partial charge is 0.258 e. The molecule has 98 valence electrons. The van der Waals surface area contributed by atoms with Gasteiger partial charge in [-0.05, 0) is 17.2 Å². The van der Waals surface area contributed by atoms with E-state index >= 15 is 0 Å². The van der Waals surface area contributed by atoms with E-state index in [0.717, 1.165) is 17.1 Å². The highest BCUT2D eigenvalue weighted by Gasteiger charge is 2.12. The molecular weight excluding hydrogens is 282 g/mol. The van der Waals surface area contributed by atoms with E-state index in [2.05, 4.69) is 12.1 Å². The number of halogens is 1. The fourth-order valence-electron chi connectivity index (χ4n) is 1.65. The van der Waals surface area contributed by atoms with Crippen LogP contribution in [0, 0.1) is 10.1 Å². The third-order valence-electron chi connectivity index (χ3n) is 2.59. The molecule has 2 rings (SSSR count). The average molecular weight is 294 g/mol. The van der Waals surface area contributed by atoms with Gasteiger partial charge in [0.1, 0.15) is 5.02 Å². The first-order valence-corrected chi connectivity index (χ1v) is 7.24. The molecule has 0 heterocycles. The van der Waals surface area contributed by atoms with Crippen LogP contribution in [0.5, 0.6) is 0 Å². The lowest BCUT2D eigenvalue weighted by Crippen LogP contribution is -1.91. The fraction of sp³-hybridized carbons (Fsp3) is 0.143. The Kier molecular flexibility index (Phi) is 4.82. The largest absolute Gasteiger partial charge is 0.288 e. The predicted molar refractivity (Wildman–Crippen MR) is 79.5 cm³/mol. The number of hydrogen-bond donors (Lipinski definition) is 0. The lowest BCUT2D eigenvalue weighted by molar-refractivity contribution is -0.384. The Balaban J connectivity index is 1.97. The second-order valence-electron chi connectivity index (χ2n) is 4.02. The van der Waals surface area contributed by atoms with Crippen LogP contribution in [0.3, 0.4) is 0 Å². The van der Waals surface area contributed by atoms with Crippen molar-refractivity contribution in [1.29, 1.82) is 0 Å². The molecule has 0 amide bonds. The molecule has 19 heavy (non-hydrogen) atoms. The van der Waals surface area contributed by atoms with Crippen LogP contribution in [0.4, 0.5) is 5.69 Å². The third-order valence-corrected chi connectivity index (χ3v) is 3.98. The van der Waals surface area contributed by atoms with Crippen molar-refractivity contribution in [1.82, 2.24) is 0 Å². The van der Waals surface area contributed by atoms with Gasteiger partial charge < -0.3 is 0 Å². The minimum atomic E-state index is -0.451. The van der Waals surface area contributed by atoms with Crippen molar-refractivity contribution in [3.8, 4) is 0 Å². The minimum absolute atomic E-state index is 0.0283. The van der Waals surface area contributed by atoms with Gasteiger partial charge in [0.25, 0.3) is 5.69 Å². The van der Waals surface area contributed by atoms with Crippen LogP contribution in [-0.4, -0.2) is 4.92 Å². The van der Waals surface area contributed by atoms with Crippen molar-refractivity contribution in [2.75, 3.05) is 0 Å². The Morgan fingerprint density at radius 2 is 1.74 bits per heavy atom. The Hall–Kier alpha value is -1.52. The zero-order chi connectivity index (χ0) is 13.7. The summed E-state index contributed by atoms with van der Waals surface area (Å²) in [5.41, 5.74) is 2.13. The van der Waals surface area contributed by atoms with Gasteiger partial charge in [-0.1, -0.05) is 48.0 Å². The monoisotopic (exact) mass is 293 g/mol. The zero-order valence-corrected chi connectivity index (χ0v) is 11.7. The molecule has 0 aliphatic heterocycles. The number of hydrogen-bond acceptors (Lipinski definition) is 3. The first-order valence-electron chi connectivity index (χ1n) is 5.71. The van der Waals surface area contributed by atoms with E-state index in [1.165, 1.54) is 5.56 Å². The Morgan fingerprint density at radius 3 is 2.42 bits per heavy atom. The van der Waals surface area contributed by atoms with E-state index < -0.39 is 4.92 Å². The van der Waals surface area contributed by atoms with Crippen molar-refractivity contribution in [2.24, 2.45) is 0 Å². The van der Waals surface area contributed by atoms with E-state index in [1.807, 2.05) is 24.3 Å². The van der Waals surface area contributed by atoms with Gasteiger partial charge in [0.05, 0.1) is 4.92 Å². The highest BCUT2D eigenvalue weighted by atomic mass is 35.5. The molecule has 2 aromatic carbocycles. The molecule has 0 saturated carbocycles. The van der Waals surface area contributed by atoms with Crippen LogP contribution in [-0.2, 0) is 11.5 Å². The van der Waals surface area contributed by atoms with Crippen molar-refractivity contribution in [3.05, 3.63) is 74.8 Å². The molecule has 0 spiro atoms. The van der Waals surface area contributed by atoms with Crippen LogP contribution in [0.1, 0.15) is 11.1 Å². The first-order chi connectivity index (χ1) is 9.16. The van der Waals surface area contributed by atoms with Gasteiger partial charge in [-0.2, -0.15) is 11.8 Å². The quantitative estimate of drug-likeness (QED) is 0.594. The Labute approximate surface area is 120 Å². The SMILES string of the molecule is O=[N+]([O-])c1cc(CSCc2ccccc2)ccc1Cl. The lowest BCUT2D eigenvalue weighted by atomic mass is 10.2. The van der Waals surface area contributed by atoms with Gasteiger partial charge in [-0.15, -0.1) is 0 Å². The van der Waals surface area contributed by atoms with E-state index in [1.54, 1.807) is 23.9 Å². The van der Waals surface area contributed by atoms with E-state index in [-0.39, 0.29) is 10.7 Å². The molecule has 0 aliphatic carbocycles. The summed E-state index contributed by atoms with van der Waals surface area (Å²) in [4.78, 5) is 10.3. The van der Waals surface area contributed by atoms with Gasteiger partial charge in [0.2, 0.25) is 0 Å². The molecule has 2 aromatic rings. The highest BCUT2D eigenvalue weighted by molar-refractivity contribution is 7.97. The molecule has 0 aliphatic rings. The van der Waals surface area contributed by atoms with E-state index in [0.29, 0.717) is 0 Å². The van der Waals surface area contributed by atoms with Crippen LogP contribution in [0.15, 0.2) is 48.5 Å². The number of rotatable bonds is 5. The van der Waals surface area contributed by atoms with Crippen molar-refractivity contribution >= 4 is 29.1 Å². The average Bonchev–Trinajstić information content (AvgIpc) is 2.41. The summed E-state index contributed by atoms with van der Waals surface area (Å²) in [7, 11) is 0. The Morgan fingerprint density at radius 1 is 1.05 bits per heavy atom. The third kappa shape index (κ3) is 3.98. The van der Waals surface area contributed by atoms with Crippen molar-refractivity contribution < 1.29 is 4.92 Å². The summed E-state index contributed by atoms with van der Waals surface area (Å²) in [6.45, 7) is 0. The van der Waals surface area contributed by atoms with Gasteiger partial charge in [-0.3, -0.25) is 10.1 Å². The van der Waals surface area contributed by atoms with Gasteiger partial charge in [0, 0.05) is 17.6 Å². The predicted octanol–water partition coefficient (Wildman–Crippen LogP) is 4.68. The fourth-order valence-corrected chi connectivity index (χ4v) is 2.78.